The molecular formula is C35H64NO9-. The highest BCUT2D eigenvalue weighted by atomic mass is 16.6. The molecule has 2 N–H and O–H groups in total. The molecule has 10 heteroatoms. The molecule has 0 aromatic rings. The summed E-state index contributed by atoms with van der Waals surface area (Å²) in [7, 11) is 0. The first-order valence-corrected chi connectivity index (χ1v) is 17.6. The predicted octanol–water partition coefficient (Wildman–Crippen LogP) is 6.68. The van der Waals surface area contributed by atoms with E-state index < -0.39 is 48.4 Å². The number of carboxylic acid groups (broad SMARTS) is 1. The van der Waals surface area contributed by atoms with E-state index in [-0.39, 0.29) is 44.6 Å². The van der Waals surface area contributed by atoms with Crippen LogP contribution in [0.5, 0.6) is 0 Å². The fraction of sp³-hybridized carbons (Fsp3) is 0.886. The third-order valence-electron chi connectivity index (χ3n) is 7.78. The molecule has 0 aliphatic rings. The molecule has 0 aliphatic heterocycles. The molecule has 0 rings (SSSR count). The first-order chi connectivity index (χ1) is 21.4. The van der Waals surface area contributed by atoms with Gasteiger partial charge in [-0.3, -0.25) is 9.59 Å². The number of carbonyl (C=O) groups is 4. The molecule has 0 saturated carbocycles. The summed E-state index contributed by atoms with van der Waals surface area (Å²) in [5.41, 5.74) is 0. The van der Waals surface area contributed by atoms with Crippen LogP contribution in [0.25, 0.3) is 0 Å². The molecule has 5 unspecified atom stereocenters. The third kappa shape index (κ3) is 28.8. The minimum atomic E-state index is -1.25. The Hall–Kier alpha value is -2.36. The molecule has 10 nitrogen and oxygen atoms in total. The van der Waals surface area contributed by atoms with Gasteiger partial charge in [0.05, 0.1) is 6.10 Å². The maximum absolute atomic E-state index is 12.8. The lowest BCUT2D eigenvalue weighted by Gasteiger charge is -2.27. The maximum Gasteiger partial charge on any atom is 0.407 e. The van der Waals surface area contributed by atoms with Crippen molar-refractivity contribution in [3.8, 4) is 0 Å². The number of hydrogen-bond donors (Lipinski definition) is 2. The molecule has 0 saturated heterocycles. The minimum Gasteiger partial charge on any atom is -0.550 e. The summed E-state index contributed by atoms with van der Waals surface area (Å²) in [6, 6.07) is -0.0869. The topological polar surface area (TPSA) is 151 Å². The molecular weight excluding hydrogens is 578 g/mol. The summed E-state index contributed by atoms with van der Waals surface area (Å²) in [5.74, 6) is -2.33. The first kappa shape index (κ1) is 42.6. The molecule has 5 atom stereocenters. The molecule has 0 aromatic heterocycles. The van der Waals surface area contributed by atoms with E-state index in [1.807, 2.05) is 6.92 Å². The number of esters is 2. The fourth-order valence-electron chi connectivity index (χ4n) is 5.49. The molecule has 0 heterocycles. The van der Waals surface area contributed by atoms with Crippen molar-refractivity contribution in [2.75, 3.05) is 0 Å². The highest BCUT2D eigenvalue weighted by Crippen LogP contribution is 2.20. The summed E-state index contributed by atoms with van der Waals surface area (Å²) >= 11 is 0. The van der Waals surface area contributed by atoms with Crippen LogP contribution in [-0.4, -0.2) is 59.6 Å². The van der Waals surface area contributed by atoms with Gasteiger partial charge in [0, 0.05) is 44.6 Å². The van der Waals surface area contributed by atoms with Gasteiger partial charge in [0.15, 0.2) is 0 Å². The number of aliphatic hydroxyl groups is 1. The molecule has 1 amide bonds. The number of alkyl carbamates (subject to hydrolysis) is 1. The number of unbranched alkanes of at least 4 members (excludes halogenated alkanes) is 13. The number of aliphatic hydroxyl groups excluding tert-OH is 1. The van der Waals surface area contributed by atoms with Gasteiger partial charge in [-0.1, -0.05) is 96.8 Å². The van der Waals surface area contributed by atoms with Gasteiger partial charge in [-0.05, 0) is 40.0 Å². The Morgan fingerprint density at radius 3 is 1.67 bits per heavy atom. The Labute approximate surface area is 272 Å². The highest BCUT2D eigenvalue weighted by Gasteiger charge is 2.27. The van der Waals surface area contributed by atoms with E-state index in [2.05, 4.69) is 12.2 Å². The molecule has 0 aromatic carbocycles. The van der Waals surface area contributed by atoms with E-state index in [0.717, 1.165) is 19.3 Å². The summed E-state index contributed by atoms with van der Waals surface area (Å²) in [5, 5.41) is 23.5. The normalized spacial score (nSPS) is 14.5. The van der Waals surface area contributed by atoms with Crippen LogP contribution in [0.15, 0.2) is 0 Å². The number of amides is 1. The van der Waals surface area contributed by atoms with Crippen molar-refractivity contribution in [1.82, 2.24) is 5.32 Å². The molecule has 45 heavy (non-hydrogen) atoms. The average Bonchev–Trinajstić information content (AvgIpc) is 2.91. The predicted molar refractivity (Wildman–Crippen MR) is 173 cm³/mol. The molecule has 0 spiro atoms. The van der Waals surface area contributed by atoms with Gasteiger partial charge in [0.25, 0.3) is 0 Å². The van der Waals surface area contributed by atoms with Crippen LogP contribution < -0.4 is 10.4 Å². The van der Waals surface area contributed by atoms with Gasteiger partial charge in [0.1, 0.15) is 18.3 Å². The van der Waals surface area contributed by atoms with E-state index in [4.69, 9.17) is 14.2 Å². The zero-order valence-electron chi connectivity index (χ0n) is 28.9. The van der Waals surface area contributed by atoms with Crippen LogP contribution in [0.4, 0.5) is 4.79 Å². The smallest absolute Gasteiger partial charge is 0.407 e. The van der Waals surface area contributed by atoms with Crippen LogP contribution in [0.1, 0.15) is 169 Å². The molecule has 0 bridgehead atoms. The number of aliphatic carboxylic acids is 1. The van der Waals surface area contributed by atoms with Crippen molar-refractivity contribution in [1.29, 1.82) is 0 Å². The van der Waals surface area contributed by atoms with Crippen LogP contribution >= 0.6 is 0 Å². The van der Waals surface area contributed by atoms with E-state index in [9.17, 15) is 29.4 Å². The maximum atomic E-state index is 12.8. The van der Waals surface area contributed by atoms with Gasteiger partial charge < -0.3 is 34.5 Å². The second-order valence-electron chi connectivity index (χ2n) is 12.8. The van der Waals surface area contributed by atoms with Crippen molar-refractivity contribution < 1.29 is 43.6 Å². The van der Waals surface area contributed by atoms with Gasteiger partial charge in [-0.15, -0.1) is 0 Å². The lowest BCUT2D eigenvalue weighted by atomic mass is 10.0. The largest absolute Gasteiger partial charge is 0.550 e. The van der Waals surface area contributed by atoms with E-state index >= 15 is 0 Å². The van der Waals surface area contributed by atoms with Crippen molar-refractivity contribution in [2.24, 2.45) is 0 Å². The fourth-order valence-corrected chi connectivity index (χ4v) is 5.49. The number of nitrogens with one attached hydrogen (secondary N) is 1. The number of rotatable bonds is 29. The van der Waals surface area contributed by atoms with E-state index in [1.54, 1.807) is 13.8 Å². The van der Waals surface area contributed by atoms with E-state index in [1.165, 1.54) is 84.0 Å². The van der Waals surface area contributed by atoms with Gasteiger partial charge in [-0.25, -0.2) is 4.79 Å². The average molecular weight is 643 g/mol. The number of carboxylic acids is 1. The molecule has 0 radical (unpaired) electrons. The second kappa shape index (κ2) is 27.9. The third-order valence-corrected chi connectivity index (χ3v) is 7.78. The number of carbonyl (C=O) groups excluding carboxylic acids is 4. The SMILES string of the molecule is CCCCCCCCCCCCCCCCC(C)NC(=O)OC(CC(C)OC(C)=O)CC(CC(C)O)OC(=O)CCCC(=O)[O-]. The standard InChI is InChI=1S/C35H65NO9/c1-6-7-8-9-10-11-12-13-14-15-16-17-18-19-21-27(2)36-35(42)45-32(25-29(4)43-30(5)38)26-31(24-28(3)37)44-34(41)23-20-22-33(39)40/h27-29,31-32,37H,6-26H2,1-5H3,(H,36,42)(H,39,40)/p-1. The Bertz CT molecular complexity index is 789. The lowest BCUT2D eigenvalue weighted by Crippen LogP contribution is -2.38. The van der Waals surface area contributed by atoms with Gasteiger partial charge in [-0.2, -0.15) is 0 Å². The Kier molecular flexibility index (Phi) is 26.4. The monoisotopic (exact) mass is 642 g/mol. The number of hydrogen-bond acceptors (Lipinski definition) is 9. The Balaban J connectivity index is 4.59. The van der Waals surface area contributed by atoms with Crippen molar-refractivity contribution in [2.45, 2.75) is 200 Å². The van der Waals surface area contributed by atoms with Crippen LogP contribution in [0.2, 0.25) is 0 Å². The van der Waals surface area contributed by atoms with Gasteiger partial charge >= 0.3 is 18.0 Å². The number of ether oxygens (including phenoxy) is 3. The van der Waals surface area contributed by atoms with Crippen molar-refractivity contribution >= 4 is 24.0 Å². The minimum absolute atomic E-state index is 0.0750. The highest BCUT2D eigenvalue weighted by molar-refractivity contribution is 5.71. The first-order valence-electron chi connectivity index (χ1n) is 17.6. The van der Waals surface area contributed by atoms with Crippen LogP contribution in [-0.2, 0) is 28.6 Å². The zero-order chi connectivity index (χ0) is 33.9. The molecule has 264 valence electrons. The van der Waals surface area contributed by atoms with Crippen molar-refractivity contribution in [3.05, 3.63) is 0 Å². The lowest BCUT2D eigenvalue weighted by molar-refractivity contribution is -0.305. The van der Waals surface area contributed by atoms with Crippen molar-refractivity contribution in [3.63, 3.8) is 0 Å². The summed E-state index contributed by atoms with van der Waals surface area (Å²) in [4.78, 5) is 47.2. The molecule has 0 aliphatic carbocycles. The summed E-state index contributed by atoms with van der Waals surface area (Å²) in [6.45, 7) is 8.72. The second-order valence-corrected chi connectivity index (χ2v) is 12.8. The Morgan fingerprint density at radius 1 is 0.667 bits per heavy atom. The Morgan fingerprint density at radius 2 is 1.18 bits per heavy atom. The van der Waals surface area contributed by atoms with Gasteiger partial charge in [0.2, 0.25) is 0 Å². The summed E-state index contributed by atoms with van der Waals surface area (Å²) < 4.78 is 16.4. The summed E-state index contributed by atoms with van der Waals surface area (Å²) in [6.07, 6.45) is 15.4. The van der Waals surface area contributed by atoms with Crippen LogP contribution in [0, 0.1) is 0 Å². The molecule has 0 fully saturated rings. The van der Waals surface area contributed by atoms with Crippen LogP contribution in [0.3, 0.4) is 0 Å². The zero-order valence-corrected chi connectivity index (χ0v) is 28.9. The van der Waals surface area contributed by atoms with E-state index in [0.29, 0.717) is 0 Å². The quantitative estimate of drug-likeness (QED) is 0.0517.